The van der Waals surface area contributed by atoms with Crippen molar-refractivity contribution in [2.45, 2.75) is 52.0 Å². The van der Waals surface area contributed by atoms with Gasteiger partial charge in [-0.1, -0.05) is 27.2 Å². The van der Waals surface area contributed by atoms with Gasteiger partial charge in [0.05, 0.1) is 13.2 Å². The highest BCUT2D eigenvalue weighted by molar-refractivity contribution is 5.85. The van der Waals surface area contributed by atoms with Crippen molar-refractivity contribution in [1.82, 2.24) is 5.32 Å². The van der Waals surface area contributed by atoms with Gasteiger partial charge in [0.1, 0.15) is 5.54 Å². The number of likely N-dealkylation sites (N-methyl/N-ethyl adjacent to an activating group) is 1. The molecule has 0 aromatic rings. The van der Waals surface area contributed by atoms with E-state index in [-0.39, 0.29) is 11.8 Å². The molecule has 0 heterocycles. The van der Waals surface area contributed by atoms with Crippen LogP contribution >= 0.6 is 0 Å². The lowest BCUT2D eigenvalue weighted by Gasteiger charge is -2.33. The van der Waals surface area contributed by atoms with E-state index in [1.165, 1.54) is 0 Å². The number of carbonyl (C=O) groups is 1. The maximum Gasteiger partial charge on any atom is 0.238 e. The van der Waals surface area contributed by atoms with Gasteiger partial charge < -0.3 is 20.5 Å². The Hall–Kier alpha value is -0.650. The molecular weight excluding hydrogens is 268 g/mol. The molecule has 0 bridgehead atoms. The molecular formula is C16H32N2O3. The Morgan fingerprint density at radius 1 is 1.33 bits per heavy atom. The summed E-state index contributed by atoms with van der Waals surface area (Å²) in [6, 6.07) is 0. The quantitative estimate of drug-likeness (QED) is 0.570. The Balaban J connectivity index is 2.25. The van der Waals surface area contributed by atoms with Gasteiger partial charge in [0.25, 0.3) is 0 Å². The lowest BCUT2D eigenvalue weighted by molar-refractivity contribution is -0.126. The van der Waals surface area contributed by atoms with Crippen molar-refractivity contribution < 1.29 is 14.3 Å². The molecule has 1 fully saturated rings. The zero-order chi connectivity index (χ0) is 15.7. The highest BCUT2D eigenvalue weighted by Crippen LogP contribution is 2.37. The molecule has 1 aliphatic carbocycles. The average molecular weight is 300 g/mol. The first-order chi connectivity index (χ1) is 10.0. The second-order valence-electron chi connectivity index (χ2n) is 6.32. The smallest absolute Gasteiger partial charge is 0.238 e. The third-order valence-corrected chi connectivity index (χ3v) is 4.19. The van der Waals surface area contributed by atoms with Gasteiger partial charge in [-0.2, -0.15) is 0 Å². The van der Waals surface area contributed by atoms with Gasteiger partial charge in [-0.25, -0.2) is 0 Å². The van der Waals surface area contributed by atoms with E-state index < -0.39 is 5.54 Å². The first kappa shape index (κ1) is 18.4. The number of carbonyl (C=O) groups excluding carboxylic acids is 1. The van der Waals surface area contributed by atoms with Crippen LogP contribution in [0.15, 0.2) is 0 Å². The van der Waals surface area contributed by atoms with Gasteiger partial charge in [-0.05, 0) is 37.6 Å². The summed E-state index contributed by atoms with van der Waals surface area (Å²) >= 11 is 0. The van der Waals surface area contributed by atoms with E-state index >= 15 is 0 Å². The summed E-state index contributed by atoms with van der Waals surface area (Å²) in [5.41, 5.74) is 5.12. The van der Waals surface area contributed by atoms with E-state index in [1.807, 2.05) is 6.92 Å². The number of nitrogens with one attached hydrogen (secondary N) is 1. The molecule has 1 saturated carbocycles. The Morgan fingerprint density at radius 2 is 2.05 bits per heavy atom. The van der Waals surface area contributed by atoms with Crippen LogP contribution in [0.4, 0.5) is 0 Å². The molecule has 3 N–H and O–H groups in total. The Morgan fingerprint density at radius 3 is 2.67 bits per heavy atom. The minimum absolute atomic E-state index is 0.216. The molecule has 1 aliphatic rings. The molecule has 21 heavy (non-hydrogen) atoms. The van der Waals surface area contributed by atoms with Crippen molar-refractivity contribution in [3.05, 3.63) is 0 Å². The van der Waals surface area contributed by atoms with E-state index in [9.17, 15) is 4.79 Å². The van der Waals surface area contributed by atoms with Gasteiger partial charge in [-0.15, -0.1) is 0 Å². The normalized spacial score (nSPS) is 25.6. The lowest BCUT2D eigenvalue weighted by atomic mass is 9.84. The maximum absolute atomic E-state index is 11.9. The largest absolute Gasteiger partial charge is 0.379 e. The summed E-state index contributed by atoms with van der Waals surface area (Å²) in [5.74, 6) is 0.624. The molecule has 124 valence electrons. The van der Waals surface area contributed by atoms with Crippen LogP contribution in [0, 0.1) is 11.8 Å². The van der Waals surface area contributed by atoms with Crippen molar-refractivity contribution in [2.75, 3.05) is 33.0 Å². The van der Waals surface area contributed by atoms with E-state index in [2.05, 4.69) is 19.2 Å². The Bertz CT molecular complexity index is 310. The SMILES string of the molecule is CCNC1(C(N)=O)CCCC1CCOCCOCC(C)C. The Labute approximate surface area is 128 Å². The van der Waals surface area contributed by atoms with Crippen LogP contribution in [-0.2, 0) is 14.3 Å². The van der Waals surface area contributed by atoms with Crippen LogP contribution in [-0.4, -0.2) is 44.4 Å². The fraction of sp³-hybridized carbons (Fsp3) is 0.938. The van der Waals surface area contributed by atoms with Gasteiger partial charge in [0, 0.05) is 13.2 Å². The van der Waals surface area contributed by atoms with Gasteiger partial charge in [-0.3, -0.25) is 4.79 Å². The van der Waals surface area contributed by atoms with Crippen LogP contribution in [0.3, 0.4) is 0 Å². The van der Waals surface area contributed by atoms with Gasteiger partial charge in [0.15, 0.2) is 0 Å². The van der Waals surface area contributed by atoms with Crippen molar-refractivity contribution in [2.24, 2.45) is 17.6 Å². The van der Waals surface area contributed by atoms with Gasteiger partial charge >= 0.3 is 0 Å². The summed E-state index contributed by atoms with van der Waals surface area (Å²) in [6.07, 6.45) is 3.82. The lowest BCUT2D eigenvalue weighted by Crippen LogP contribution is -2.58. The fourth-order valence-corrected chi connectivity index (χ4v) is 3.19. The topological polar surface area (TPSA) is 73.6 Å². The zero-order valence-electron chi connectivity index (χ0n) is 13.8. The molecule has 0 radical (unpaired) electrons. The summed E-state index contributed by atoms with van der Waals surface area (Å²) < 4.78 is 11.1. The monoisotopic (exact) mass is 300 g/mol. The predicted molar refractivity (Wildman–Crippen MR) is 84.0 cm³/mol. The fourth-order valence-electron chi connectivity index (χ4n) is 3.19. The molecule has 5 nitrogen and oxygen atoms in total. The highest BCUT2D eigenvalue weighted by Gasteiger charge is 2.46. The van der Waals surface area contributed by atoms with Crippen LogP contribution in [0.2, 0.25) is 0 Å². The van der Waals surface area contributed by atoms with Crippen LogP contribution in [0.5, 0.6) is 0 Å². The minimum Gasteiger partial charge on any atom is -0.379 e. The van der Waals surface area contributed by atoms with Crippen molar-refractivity contribution >= 4 is 5.91 Å². The van der Waals surface area contributed by atoms with Crippen molar-refractivity contribution in [1.29, 1.82) is 0 Å². The van der Waals surface area contributed by atoms with E-state index in [1.54, 1.807) is 0 Å². The number of hydrogen-bond donors (Lipinski definition) is 2. The summed E-state index contributed by atoms with van der Waals surface area (Å²) in [5, 5.41) is 3.33. The molecule has 2 unspecified atom stereocenters. The summed E-state index contributed by atoms with van der Waals surface area (Å²) in [7, 11) is 0. The third kappa shape index (κ3) is 5.57. The summed E-state index contributed by atoms with van der Waals surface area (Å²) in [6.45, 7) is 9.73. The molecule has 0 spiro atoms. The third-order valence-electron chi connectivity index (χ3n) is 4.19. The van der Waals surface area contributed by atoms with E-state index in [4.69, 9.17) is 15.2 Å². The van der Waals surface area contributed by atoms with Crippen LogP contribution in [0.1, 0.15) is 46.5 Å². The number of rotatable bonds is 11. The first-order valence-corrected chi connectivity index (χ1v) is 8.23. The highest BCUT2D eigenvalue weighted by atomic mass is 16.5. The maximum atomic E-state index is 11.9. The molecule has 0 saturated heterocycles. The zero-order valence-corrected chi connectivity index (χ0v) is 13.8. The van der Waals surface area contributed by atoms with E-state index in [0.717, 1.165) is 38.8 Å². The molecule has 0 aliphatic heterocycles. The van der Waals surface area contributed by atoms with Crippen LogP contribution < -0.4 is 11.1 Å². The minimum atomic E-state index is -0.522. The van der Waals surface area contributed by atoms with Crippen LogP contribution in [0.25, 0.3) is 0 Å². The number of ether oxygens (including phenoxy) is 2. The molecule has 0 aromatic carbocycles. The molecule has 2 atom stereocenters. The van der Waals surface area contributed by atoms with Crippen molar-refractivity contribution in [3.8, 4) is 0 Å². The standard InChI is InChI=1S/C16H32N2O3/c1-4-18-16(15(17)19)8-5-6-14(16)7-9-20-10-11-21-12-13(2)3/h13-14,18H,4-12H2,1-3H3,(H2,17,19). The first-order valence-electron chi connectivity index (χ1n) is 8.23. The molecule has 1 amide bonds. The Kier molecular flexibility index (Phi) is 8.22. The number of primary amides is 1. The van der Waals surface area contributed by atoms with Crippen molar-refractivity contribution in [3.63, 3.8) is 0 Å². The molecule has 5 heteroatoms. The van der Waals surface area contributed by atoms with Gasteiger partial charge in [0.2, 0.25) is 5.91 Å². The summed E-state index contributed by atoms with van der Waals surface area (Å²) in [4.78, 5) is 11.9. The second-order valence-corrected chi connectivity index (χ2v) is 6.32. The average Bonchev–Trinajstić information content (AvgIpc) is 2.82. The molecule has 0 aromatic heterocycles. The van der Waals surface area contributed by atoms with E-state index in [0.29, 0.717) is 25.7 Å². The second kappa shape index (κ2) is 9.38. The number of amides is 1. The number of nitrogens with two attached hydrogens (primary N) is 1. The predicted octanol–water partition coefficient (Wildman–Crippen LogP) is 1.70. The number of hydrogen-bond acceptors (Lipinski definition) is 4. The molecule has 1 rings (SSSR count).